The van der Waals surface area contributed by atoms with Gasteiger partial charge in [-0.3, -0.25) is 19.4 Å². The molecule has 10 nitrogen and oxygen atoms in total. The molecule has 1 aromatic heterocycles. The highest BCUT2D eigenvalue weighted by Gasteiger charge is 2.35. The maximum Gasteiger partial charge on any atom is 0.416 e. The van der Waals surface area contributed by atoms with E-state index < -0.39 is 23.7 Å². The Kier molecular flexibility index (Phi) is 8.94. The maximum atomic E-state index is 13.6. The first-order valence-corrected chi connectivity index (χ1v) is 13.1. The zero-order valence-electron chi connectivity index (χ0n) is 22.9. The number of nitrogens with zero attached hydrogens (tertiary/aromatic N) is 3. The van der Waals surface area contributed by atoms with Crippen LogP contribution in [0.2, 0.25) is 0 Å². The Balaban J connectivity index is 1.42. The minimum Gasteiger partial charge on any atom is -0.349 e. The van der Waals surface area contributed by atoms with Gasteiger partial charge < -0.3 is 15.5 Å². The van der Waals surface area contributed by atoms with Crippen molar-refractivity contribution in [2.45, 2.75) is 51.2 Å². The molecule has 1 aliphatic carbocycles. The van der Waals surface area contributed by atoms with Gasteiger partial charge in [0.15, 0.2) is 6.04 Å². The molecular weight excluding hydrogens is 541 g/mol. The second-order valence-corrected chi connectivity index (χ2v) is 10.3. The van der Waals surface area contributed by atoms with Crippen LogP contribution >= 0.6 is 0 Å². The van der Waals surface area contributed by atoms with Crippen LogP contribution in [0.15, 0.2) is 53.2 Å². The summed E-state index contributed by atoms with van der Waals surface area (Å²) < 4.78 is 47.5. The van der Waals surface area contributed by atoms with Crippen molar-refractivity contribution < 1.29 is 36.8 Å². The van der Waals surface area contributed by atoms with Crippen molar-refractivity contribution in [3.63, 3.8) is 0 Å². The van der Waals surface area contributed by atoms with E-state index in [0.717, 1.165) is 42.5 Å². The van der Waals surface area contributed by atoms with Gasteiger partial charge in [-0.1, -0.05) is 24.3 Å². The molecule has 3 N–H and O–H groups in total. The minimum absolute atomic E-state index is 0.0251. The van der Waals surface area contributed by atoms with Gasteiger partial charge in [0.25, 0.3) is 6.20 Å². The number of benzene rings is 2. The molecule has 2 atom stereocenters. The minimum atomic E-state index is -4.72. The van der Waals surface area contributed by atoms with Gasteiger partial charge in [0, 0.05) is 44.2 Å². The number of amides is 4. The molecule has 41 heavy (non-hydrogen) atoms. The van der Waals surface area contributed by atoms with Crippen molar-refractivity contribution in [2.75, 3.05) is 30.0 Å². The predicted octanol–water partition coefficient (Wildman–Crippen LogP) is 4.93. The first-order valence-electron chi connectivity index (χ1n) is 13.1. The lowest BCUT2D eigenvalue weighted by atomic mass is 9.85. The Labute approximate surface area is 234 Å². The zero-order chi connectivity index (χ0) is 29.7. The molecular formula is C28H32F3N6O4+. The summed E-state index contributed by atoms with van der Waals surface area (Å²) in [7, 11) is 3.42. The fraction of sp³-hybridized carbons (Fsp3) is 0.393. The lowest BCUT2D eigenvalue weighted by Crippen LogP contribution is -2.45. The van der Waals surface area contributed by atoms with E-state index in [0.29, 0.717) is 6.42 Å². The van der Waals surface area contributed by atoms with Gasteiger partial charge in [0.1, 0.15) is 0 Å². The Morgan fingerprint density at radius 3 is 2.44 bits per heavy atom. The van der Waals surface area contributed by atoms with Crippen LogP contribution in [0.25, 0.3) is 0 Å². The molecule has 0 aliphatic heterocycles. The van der Waals surface area contributed by atoms with Crippen LogP contribution in [0.1, 0.15) is 48.4 Å². The average molecular weight is 574 g/mol. The first kappa shape index (κ1) is 29.6. The number of alkyl halides is 3. The number of rotatable bonds is 7. The molecule has 3 aromatic rings. The smallest absolute Gasteiger partial charge is 0.349 e. The number of nitrogens with one attached hydrogen (secondary N) is 3. The van der Waals surface area contributed by atoms with E-state index in [1.54, 1.807) is 31.1 Å². The van der Waals surface area contributed by atoms with Crippen LogP contribution in [-0.2, 0) is 22.2 Å². The Morgan fingerprint density at radius 1 is 1.05 bits per heavy atom. The SMILES string of the molecule is Cc1ccccc1CC(=O)Nc1cc(NC(=O)Nc2c[n+]([C@@H]3CCC[C@H](C(=O)N(C)C)C3)no2)cc(C(F)(F)F)c1. The number of aryl methyl sites for hydroxylation is 1. The number of carbonyl (C=O) groups is 3. The number of halogens is 3. The van der Waals surface area contributed by atoms with Gasteiger partial charge in [0.05, 0.1) is 12.0 Å². The maximum absolute atomic E-state index is 13.6. The van der Waals surface area contributed by atoms with E-state index in [9.17, 15) is 27.6 Å². The average Bonchev–Trinajstić information content (AvgIpc) is 3.37. The van der Waals surface area contributed by atoms with Gasteiger partial charge in [-0.2, -0.15) is 13.2 Å². The summed E-state index contributed by atoms with van der Waals surface area (Å²) in [6.45, 7) is 1.83. The molecule has 0 radical (unpaired) electrons. The Morgan fingerprint density at radius 2 is 1.76 bits per heavy atom. The van der Waals surface area contributed by atoms with Crippen LogP contribution in [-0.4, -0.2) is 42.1 Å². The van der Waals surface area contributed by atoms with Crippen LogP contribution in [0.5, 0.6) is 0 Å². The second-order valence-electron chi connectivity index (χ2n) is 10.3. The largest absolute Gasteiger partial charge is 0.416 e. The van der Waals surface area contributed by atoms with Gasteiger partial charge in [-0.15, -0.1) is 0 Å². The highest BCUT2D eigenvalue weighted by molar-refractivity contribution is 6.00. The van der Waals surface area contributed by atoms with E-state index in [1.165, 1.54) is 16.9 Å². The summed E-state index contributed by atoms with van der Waals surface area (Å²) in [4.78, 5) is 39.1. The zero-order valence-corrected chi connectivity index (χ0v) is 22.9. The highest BCUT2D eigenvalue weighted by Crippen LogP contribution is 2.34. The number of hydrogen-bond donors (Lipinski definition) is 3. The fourth-order valence-corrected chi connectivity index (χ4v) is 4.88. The molecule has 1 saturated carbocycles. The summed E-state index contributed by atoms with van der Waals surface area (Å²) in [6.07, 6.45) is -0.308. The topological polar surface area (TPSA) is 120 Å². The molecule has 1 fully saturated rings. The lowest BCUT2D eigenvalue weighted by Gasteiger charge is -2.25. The van der Waals surface area contributed by atoms with Gasteiger partial charge in [0.2, 0.25) is 17.1 Å². The van der Waals surface area contributed by atoms with Crippen LogP contribution in [0.4, 0.5) is 35.2 Å². The van der Waals surface area contributed by atoms with E-state index in [4.69, 9.17) is 4.52 Å². The third kappa shape index (κ3) is 7.83. The van der Waals surface area contributed by atoms with Crippen LogP contribution < -0.4 is 20.6 Å². The molecule has 2 aromatic carbocycles. The molecule has 0 saturated heterocycles. The monoisotopic (exact) mass is 573 g/mol. The molecule has 1 heterocycles. The van der Waals surface area contributed by atoms with Crippen molar-refractivity contribution in [3.8, 4) is 0 Å². The lowest BCUT2D eigenvalue weighted by molar-refractivity contribution is -0.787. The normalized spacial score (nSPS) is 17.0. The molecule has 4 rings (SSSR count). The van der Waals surface area contributed by atoms with Crippen molar-refractivity contribution in [3.05, 3.63) is 65.4 Å². The Bertz CT molecular complexity index is 1420. The number of carbonyl (C=O) groups excluding carboxylic acids is 3. The standard InChI is InChI=1S/C28H31F3N6O4/c1-17-7-4-5-8-18(17)12-24(38)32-21-13-20(28(29,30)31)14-22(15-21)33-27(40)34-25-16-37(35-41-25)23-10-6-9-19(11-23)26(39)36(2)3/h4-5,7-8,13-16,19,23H,6,9-12H2,1-3H3,(H2-,32,33,34,35,38,40)/p+1/t19-,23+/m0/s1. The number of urea groups is 1. The third-order valence-corrected chi connectivity index (χ3v) is 6.94. The quantitative estimate of drug-likeness (QED) is 0.346. The molecule has 0 unspecified atom stereocenters. The summed E-state index contributed by atoms with van der Waals surface area (Å²) >= 11 is 0. The summed E-state index contributed by atoms with van der Waals surface area (Å²) in [5.41, 5.74) is 0.272. The van der Waals surface area contributed by atoms with Crippen molar-refractivity contribution in [1.82, 2.24) is 10.2 Å². The van der Waals surface area contributed by atoms with Crippen molar-refractivity contribution in [2.24, 2.45) is 5.92 Å². The van der Waals surface area contributed by atoms with E-state index in [2.05, 4.69) is 21.2 Å². The van der Waals surface area contributed by atoms with Crippen molar-refractivity contribution >= 4 is 35.1 Å². The van der Waals surface area contributed by atoms with Crippen LogP contribution in [0, 0.1) is 12.8 Å². The summed E-state index contributed by atoms with van der Waals surface area (Å²) in [5, 5.41) is 11.2. The number of hydrogen-bond acceptors (Lipinski definition) is 5. The Hall–Kier alpha value is -4.42. The second kappa shape index (κ2) is 12.4. The predicted molar refractivity (Wildman–Crippen MR) is 144 cm³/mol. The number of anilines is 3. The fourth-order valence-electron chi connectivity index (χ4n) is 4.88. The first-order chi connectivity index (χ1) is 19.4. The number of aromatic nitrogens is 2. The molecule has 1 aliphatic rings. The van der Waals surface area contributed by atoms with Crippen molar-refractivity contribution in [1.29, 1.82) is 0 Å². The third-order valence-electron chi connectivity index (χ3n) is 6.94. The molecule has 218 valence electrons. The molecule has 13 heteroatoms. The molecule has 4 amide bonds. The summed E-state index contributed by atoms with van der Waals surface area (Å²) in [5.74, 6) is -0.622. The molecule has 0 bridgehead atoms. The highest BCUT2D eigenvalue weighted by atomic mass is 19.4. The summed E-state index contributed by atoms with van der Waals surface area (Å²) in [6, 6.07) is 9.03. The van der Waals surface area contributed by atoms with Gasteiger partial charge >= 0.3 is 18.1 Å². The van der Waals surface area contributed by atoms with E-state index >= 15 is 0 Å². The van der Waals surface area contributed by atoms with Gasteiger partial charge in [-0.05, 0) is 53.8 Å². The molecule has 0 spiro atoms. The van der Waals surface area contributed by atoms with Crippen LogP contribution in [0.3, 0.4) is 0 Å². The van der Waals surface area contributed by atoms with Gasteiger partial charge in [-0.25, -0.2) is 4.79 Å². The van der Waals surface area contributed by atoms with E-state index in [-0.39, 0.29) is 41.5 Å². The van der Waals surface area contributed by atoms with E-state index in [1.807, 2.05) is 19.1 Å².